The van der Waals surface area contributed by atoms with E-state index in [2.05, 4.69) is 33.0 Å². The van der Waals surface area contributed by atoms with Crippen LogP contribution < -0.4 is 5.32 Å². The predicted molar refractivity (Wildman–Crippen MR) is 129 cm³/mol. The number of nitrogens with zero attached hydrogens (tertiary/aromatic N) is 1. The van der Waals surface area contributed by atoms with Crippen molar-refractivity contribution in [3.05, 3.63) is 0 Å². The summed E-state index contributed by atoms with van der Waals surface area (Å²) in [6, 6.07) is 0. The summed E-state index contributed by atoms with van der Waals surface area (Å²) in [4.78, 5) is 6.05. The van der Waals surface area contributed by atoms with Crippen molar-refractivity contribution in [1.29, 1.82) is 0 Å². The molecule has 0 aromatic heterocycles. The van der Waals surface area contributed by atoms with Gasteiger partial charge in [0.15, 0.2) is 0 Å². The number of aliphatic hydroxyl groups is 3. The summed E-state index contributed by atoms with van der Waals surface area (Å²) in [5.74, 6) is 0.922. The lowest BCUT2D eigenvalue weighted by molar-refractivity contribution is -0.213. The number of nitrogens with one attached hydrogen (secondary N) is 1. The van der Waals surface area contributed by atoms with Crippen LogP contribution in [0, 0.1) is 45.8 Å². The SMILES string of the molecule is CC1(C)/C(=N\OC2CCNCC2)CC[C@@]2(C)C1[C@@H](CO)[C@@H](O)[C@H]1[C@@H]3CC[C@H](O)[C@@]3(C)CC[C@@H]12. The minimum Gasteiger partial charge on any atom is -0.396 e. The molecule has 9 atom stereocenters. The molecule has 0 bridgehead atoms. The Balaban J connectivity index is 1.46. The van der Waals surface area contributed by atoms with Crippen molar-refractivity contribution in [2.24, 2.45) is 51.0 Å². The normalized spacial score (nSPS) is 51.0. The molecule has 0 radical (unpaired) electrons. The Bertz CT molecular complexity index is 765. The third kappa shape index (κ3) is 3.53. The smallest absolute Gasteiger partial charge is 0.130 e. The fraction of sp³-hybridized carbons (Fsp3) is 0.963. The fourth-order valence-corrected chi connectivity index (χ4v) is 9.62. The summed E-state index contributed by atoms with van der Waals surface area (Å²) in [6.45, 7) is 11.2. The molecule has 33 heavy (non-hydrogen) atoms. The highest BCUT2D eigenvalue weighted by Gasteiger charge is 2.67. The molecule has 0 spiro atoms. The van der Waals surface area contributed by atoms with Gasteiger partial charge in [0.25, 0.3) is 0 Å². The van der Waals surface area contributed by atoms with Gasteiger partial charge in [-0.25, -0.2) is 0 Å². The molecule has 188 valence electrons. The van der Waals surface area contributed by atoms with Crippen LogP contribution in [0.15, 0.2) is 5.16 Å². The summed E-state index contributed by atoms with van der Waals surface area (Å²) >= 11 is 0. The van der Waals surface area contributed by atoms with Crippen LogP contribution in [0.25, 0.3) is 0 Å². The van der Waals surface area contributed by atoms with E-state index in [-0.39, 0.29) is 52.8 Å². The molecule has 0 aromatic carbocycles. The van der Waals surface area contributed by atoms with Crippen LogP contribution in [0.3, 0.4) is 0 Å². The molecule has 4 N–H and O–H groups in total. The Morgan fingerprint density at radius 2 is 1.64 bits per heavy atom. The van der Waals surface area contributed by atoms with Gasteiger partial charge in [0, 0.05) is 17.9 Å². The summed E-state index contributed by atoms with van der Waals surface area (Å²) in [5.41, 5.74) is 0.813. The van der Waals surface area contributed by atoms with E-state index in [1.807, 2.05) is 0 Å². The molecular formula is C27H46N2O4. The van der Waals surface area contributed by atoms with Crippen LogP contribution >= 0.6 is 0 Å². The largest absolute Gasteiger partial charge is 0.396 e. The fourth-order valence-electron chi connectivity index (χ4n) is 9.62. The monoisotopic (exact) mass is 462 g/mol. The first-order chi connectivity index (χ1) is 15.6. The van der Waals surface area contributed by atoms with Gasteiger partial charge in [-0.1, -0.05) is 32.9 Å². The Kier molecular flexibility index (Phi) is 6.16. The van der Waals surface area contributed by atoms with Crippen molar-refractivity contribution >= 4 is 5.71 Å². The van der Waals surface area contributed by atoms with Crippen LogP contribution in [-0.4, -0.2) is 59.0 Å². The number of rotatable bonds is 3. The maximum atomic E-state index is 11.8. The van der Waals surface area contributed by atoms with Crippen molar-refractivity contribution in [3.63, 3.8) is 0 Å². The van der Waals surface area contributed by atoms with Gasteiger partial charge in [-0.15, -0.1) is 0 Å². The Morgan fingerprint density at radius 1 is 0.939 bits per heavy atom. The minimum absolute atomic E-state index is 0.00247. The molecule has 5 aliphatic rings. The van der Waals surface area contributed by atoms with Crippen molar-refractivity contribution in [2.45, 2.75) is 97.4 Å². The van der Waals surface area contributed by atoms with Crippen molar-refractivity contribution < 1.29 is 20.2 Å². The number of aliphatic hydroxyl groups excluding tert-OH is 3. The van der Waals surface area contributed by atoms with Crippen molar-refractivity contribution in [2.75, 3.05) is 19.7 Å². The first kappa shape index (κ1) is 24.0. The molecule has 4 aliphatic carbocycles. The lowest BCUT2D eigenvalue weighted by Gasteiger charge is -2.67. The number of oxime groups is 1. The van der Waals surface area contributed by atoms with E-state index in [4.69, 9.17) is 9.99 Å². The third-order valence-electron chi connectivity index (χ3n) is 11.3. The number of hydrogen-bond donors (Lipinski definition) is 4. The maximum Gasteiger partial charge on any atom is 0.130 e. The third-order valence-corrected chi connectivity index (χ3v) is 11.3. The van der Waals surface area contributed by atoms with Gasteiger partial charge in [0.2, 0.25) is 0 Å². The quantitative estimate of drug-likeness (QED) is 0.483. The molecule has 1 heterocycles. The molecule has 5 rings (SSSR count). The van der Waals surface area contributed by atoms with Gasteiger partial charge in [-0.05, 0) is 99.0 Å². The summed E-state index contributed by atoms with van der Waals surface area (Å²) in [6.07, 6.45) is 7.27. The van der Waals surface area contributed by atoms with Crippen LogP contribution in [0.1, 0.15) is 79.1 Å². The van der Waals surface area contributed by atoms with Gasteiger partial charge in [-0.2, -0.15) is 0 Å². The highest BCUT2D eigenvalue weighted by atomic mass is 16.6. The Morgan fingerprint density at radius 3 is 2.33 bits per heavy atom. The van der Waals surface area contributed by atoms with E-state index in [0.29, 0.717) is 11.8 Å². The topological polar surface area (TPSA) is 94.3 Å². The molecule has 6 heteroatoms. The minimum atomic E-state index is -0.531. The lowest BCUT2D eigenvalue weighted by Crippen LogP contribution is -2.66. The van der Waals surface area contributed by atoms with Gasteiger partial charge >= 0.3 is 0 Å². The first-order valence-electron chi connectivity index (χ1n) is 13.6. The molecule has 0 amide bonds. The standard InChI is InChI=1S/C27H46N2O4/c1-25(2)20(29-33-16-9-13-28-14-10-16)8-12-27(4)19-7-11-26(3)18(5-6-21(26)31)22(19)23(32)17(15-30)24(25)27/h16-19,21-24,28,30-32H,5-15H2,1-4H3/b29-20-/t17-,18-,19-,21-,22-,23+,24?,26-,27+/m0/s1. The average molecular weight is 463 g/mol. The number of piperidine rings is 1. The van der Waals surface area contributed by atoms with Crippen LogP contribution in [0.5, 0.6) is 0 Å². The molecular weight excluding hydrogens is 416 g/mol. The molecule has 5 fully saturated rings. The maximum absolute atomic E-state index is 11.8. The summed E-state index contributed by atoms with van der Waals surface area (Å²) in [5, 5.41) is 41.3. The summed E-state index contributed by atoms with van der Waals surface area (Å²) in [7, 11) is 0. The zero-order valence-electron chi connectivity index (χ0n) is 21.1. The average Bonchev–Trinajstić information content (AvgIpc) is 3.09. The Hall–Kier alpha value is -0.690. The van der Waals surface area contributed by atoms with E-state index < -0.39 is 6.10 Å². The van der Waals surface area contributed by atoms with Crippen LogP contribution in [-0.2, 0) is 4.84 Å². The second-order valence-corrected chi connectivity index (χ2v) is 13.1. The highest BCUT2D eigenvalue weighted by molar-refractivity contribution is 5.90. The number of fused-ring (bicyclic) bond motifs is 5. The molecule has 0 aromatic rings. The first-order valence-corrected chi connectivity index (χ1v) is 13.6. The van der Waals surface area contributed by atoms with Gasteiger partial charge in [0.1, 0.15) is 6.10 Å². The van der Waals surface area contributed by atoms with Gasteiger partial charge in [0.05, 0.1) is 17.9 Å². The zero-order valence-corrected chi connectivity index (χ0v) is 21.1. The van der Waals surface area contributed by atoms with Crippen molar-refractivity contribution in [3.8, 4) is 0 Å². The second kappa shape index (κ2) is 8.46. The van der Waals surface area contributed by atoms with Crippen LogP contribution in [0.2, 0.25) is 0 Å². The molecule has 4 saturated carbocycles. The molecule has 1 aliphatic heterocycles. The second-order valence-electron chi connectivity index (χ2n) is 13.1. The van der Waals surface area contributed by atoms with E-state index in [0.717, 1.165) is 70.2 Å². The Labute approximate surface area is 199 Å². The predicted octanol–water partition coefficient (Wildman–Crippen LogP) is 3.34. The van der Waals surface area contributed by atoms with E-state index in [1.54, 1.807) is 0 Å². The van der Waals surface area contributed by atoms with Crippen LogP contribution in [0.4, 0.5) is 0 Å². The van der Waals surface area contributed by atoms with E-state index in [9.17, 15) is 15.3 Å². The molecule has 1 saturated heterocycles. The van der Waals surface area contributed by atoms with Gasteiger partial charge < -0.3 is 25.5 Å². The molecule has 1 unspecified atom stereocenters. The highest BCUT2D eigenvalue weighted by Crippen LogP contribution is 2.69. The number of hydrogen-bond acceptors (Lipinski definition) is 6. The van der Waals surface area contributed by atoms with Gasteiger partial charge in [-0.3, -0.25) is 0 Å². The lowest BCUT2D eigenvalue weighted by atomic mass is 9.38. The summed E-state index contributed by atoms with van der Waals surface area (Å²) < 4.78 is 0. The van der Waals surface area contributed by atoms with E-state index in [1.165, 1.54) is 0 Å². The zero-order chi connectivity index (χ0) is 23.6. The van der Waals surface area contributed by atoms with Crippen molar-refractivity contribution in [1.82, 2.24) is 5.32 Å². The molecule has 6 nitrogen and oxygen atoms in total. The van der Waals surface area contributed by atoms with E-state index >= 15 is 0 Å².